The third kappa shape index (κ3) is 23.9. The molecular formula is C48H54BCl3Cs2N12O8. The first-order valence-electron chi connectivity index (χ1n) is 22.1. The summed E-state index contributed by atoms with van der Waals surface area (Å²) >= 11 is 16.7. The minimum atomic E-state index is -1.46. The molecule has 5 heterocycles. The predicted octanol–water partition coefficient (Wildman–Crippen LogP) is 1.79. The van der Waals surface area contributed by atoms with Crippen LogP contribution in [0.2, 0.25) is 15.7 Å². The summed E-state index contributed by atoms with van der Waals surface area (Å²) in [6.45, 7) is 9.52. The van der Waals surface area contributed by atoms with Crippen LogP contribution in [0.3, 0.4) is 0 Å². The van der Waals surface area contributed by atoms with Gasteiger partial charge in [-0.25, -0.2) is 29.9 Å². The molecular weight excluding hydrogens is 1260 g/mol. The van der Waals surface area contributed by atoms with E-state index < -0.39 is 7.12 Å². The first-order chi connectivity index (χ1) is 34.5. The van der Waals surface area contributed by atoms with Gasteiger partial charge in [0.2, 0.25) is 16.5 Å². The van der Waals surface area contributed by atoms with Crippen LogP contribution in [0.1, 0.15) is 69.7 Å². The van der Waals surface area contributed by atoms with Crippen LogP contribution < -0.4 is 160 Å². The molecule has 2 aliphatic rings. The molecule has 380 valence electrons. The predicted molar refractivity (Wildman–Crippen MR) is 276 cm³/mol. The summed E-state index contributed by atoms with van der Waals surface area (Å²) in [5.74, 6) is 1.13. The van der Waals surface area contributed by atoms with E-state index in [1.807, 2.05) is 68.5 Å². The van der Waals surface area contributed by atoms with Crippen LogP contribution in [0.4, 0.5) is 17.3 Å². The maximum atomic E-state index is 9.42. The van der Waals surface area contributed by atoms with Crippen LogP contribution in [0, 0.1) is 20.8 Å². The molecule has 2 saturated carbocycles. The number of carbonyl (C=O) groups excluding carboxylic acids is 1. The Kier molecular flexibility index (Phi) is 31.8. The topological polar surface area (TPSA) is 302 Å². The second kappa shape index (κ2) is 35.2. The molecule has 0 radical (unpaired) electrons. The average Bonchev–Trinajstić information content (AvgIpc) is 4.32. The van der Waals surface area contributed by atoms with E-state index in [4.69, 9.17) is 70.8 Å². The number of hydrogen-bond donors (Lipinski definition) is 7. The first kappa shape index (κ1) is 66.8. The molecule has 8 aromatic rings. The van der Waals surface area contributed by atoms with Crippen molar-refractivity contribution in [1.82, 2.24) is 49.5 Å². The van der Waals surface area contributed by atoms with E-state index in [1.165, 1.54) is 49.9 Å². The molecule has 0 unspecified atom stereocenters. The van der Waals surface area contributed by atoms with Gasteiger partial charge in [0.15, 0.2) is 0 Å². The second-order valence-electron chi connectivity index (χ2n) is 15.3. The number of hydrogen-bond acceptors (Lipinski definition) is 18. The molecule has 0 bridgehead atoms. The summed E-state index contributed by atoms with van der Waals surface area (Å²) < 4.78 is 3.92. The molecule has 0 amide bonds. The molecule has 2 aliphatic carbocycles. The number of phenols is 3. The summed E-state index contributed by atoms with van der Waals surface area (Å²) in [5.41, 5.74) is 13.7. The number of aryl methyl sites for hydroxylation is 3. The van der Waals surface area contributed by atoms with Crippen LogP contribution in [0.5, 0.6) is 17.2 Å². The molecule has 8 N–H and O–H groups in total. The van der Waals surface area contributed by atoms with Crippen LogP contribution in [-0.2, 0) is 9.68 Å². The number of benzene rings is 3. The Balaban J connectivity index is 0.000000474. The smallest absolute Gasteiger partial charge is 1.00 e. The molecule has 0 atom stereocenters. The molecule has 20 nitrogen and oxygen atoms in total. The minimum absolute atomic E-state index is 0. The Morgan fingerprint density at radius 2 is 1.08 bits per heavy atom. The fourth-order valence-electron chi connectivity index (χ4n) is 5.76. The van der Waals surface area contributed by atoms with Gasteiger partial charge in [-0.1, -0.05) is 37.6 Å². The zero-order valence-electron chi connectivity index (χ0n) is 42.8. The number of rotatable bonds is 8. The second-order valence-corrected chi connectivity index (χ2v) is 16.3. The van der Waals surface area contributed by atoms with Gasteiger partial charge in [-0.2, -0.15) is 10.2 Å². The van der Waals surface area contributed by atoms with Crippen molar-refractivity contribution < 1.29 is 180 Å². The normalized spacial score (nSPS) is 11.4. The molecule has 10 rings (SSSR count). The van der Waals surface area contributed by atoms with Gasteiger partial charge < -0.3 is 48.0 Å². The average molecular weight is 1310 g/mol. The van der Waals surface area contributed by atoms with E-state index in [2.05, 4.69) is 50.3 Å². The summed E-state index contributed by atoms with van der Waals surface area (Å²) in [5, 5.41) is 65.4. The number of anilines is 3. The molecule has 0 aliphatic heterocycles. The Morgan fingerprint density at radius 3 is 1.50 bits per heavy atom. The number of aromatic hydroxyl groups is 3. The van der Waals surface area contributed by atoms with Crippen LogP contribution in [0.25, 0.3) is 22.5 Å². The van der Waals surface area contributed by atoms with Crippen molar-refractivity contribution in [1.29, 1.82) is 0 Å². The summed E-state index contributed by atoms with van der Waals surface area (Å²) in [6.07, 6.45) is 17.3. The fraction of sp³-hybridized carbons (Fsp3) is 0.229. The maximum absolute atomic E-state index is 9.42. The zero-order valence-corrected chi connectivity index (χ0v) is 56.6. The quantitative estimate of drug-likeness (QED) is 0.0285. The monoisotopic (exact) mass is 1310 g/mol. The molecule has 0 spiro atoms. The number of halogens is 3. The number of phenolic OH excluding ortho intramolecular Hbond substituents is 3. The molecule has 0 saturated heterocycles. The maximum Gasteiger partial charge on any atom is 1.00 e. The van der Waals surface area contributed by atoms with Crippen molar-refractivity contribution in [2.45, 2.75) is 72.4 Å². The van der Waals surface area contributed by atoms with E-state index in [0.29, 0.717) is 28.6 Å². The Labute approximate surface area is 563 Å². The van der Waals surface area contributed by atoms with E-state index in [9.17, 15) is 5.11 Å². The van der Waals surface area contributed by atoms with Gasteiger partial charge in [-0.05, 0) is 147 Å². The van der Waals surface area contributed by atoms with E-state index in [-0.39, 0.29) is 174 Å². The zero-order chi connectivity index (χ0) is 52.7. The number of nitrogens with one attached hydrogen (secondary N) is 1. The van der Waals surface area contributed by atoms with Crippen molar-refractivity contribution in [2.75, 3.05) is 11.1 Å². The number of nitrogens with two attached hydrogens (primary N) is 1. The first-order valence-corrected chi connectivity index (χ1v) is 23.2. The van der Waals surface area contributed by atoms with Crippen molar-refractivity contribution in [3.05, 3.63) is 149 Å². The summed E-state index contributed by atoms with van der Waals surface area (Å²) in [7, 11) is -1.46. The summed E-state index contributed by atoms with van der Waals surface area (Å²) in [6, 6.07) is 20.7. The Hall–Kier alpha value is -3.29. The van der Waals surface area contributed by atoms with Gasteiger partial charge in [0, 0.05) is 47.7 Å². The third-order valence-corrected chi connectivity index (χ3v) is 10.4. The summed E-state index contributed by atoms with van der Waals surface area (Å²) in [4.78, 5) is 35.6. The van der Waals surface area contributed by atoms with E-state index >= 15 is 0 Å². The largest absolute Gasteiger partial charge is 1.00 e. The van der Waals surface area contributed by atoms with Crippen molar-refractivity contribution in [3.63, 3.8) is 0 Å². The molecule has 74 heavy (non-hydrogen) atoms. The van der Waals surface area contributed by atoms with Gasteiger partial charge in [0.1, 0.15) is 22.4 Å². The fourth-order valence-corrected chi connectivity index (χ4v) is 6.19. The third-order valence-electron chi connectivity index (χ3n) is 9.63. The number of nitrogen functional groups attached to an aromatic ring is 1. The van der Waals surface area contributed by atoms with Gasteiger partial charge in [-0.3, -0.25) is 14.2 Å². The number of carbonyl (C=O) groups is 1. The van der Waals surface area contributed by atoms with Crippen LogP contribution in [-0.4, -0.2) is 88.4 Å². The van der Waals surface area contributed by atoms with Gasteiger partial charge in [0.05, 0.1) is 47.2 Å². The number of aromatic nitrogens is 10. The molecule has 2 fully saturated rings. The Bertz CT molecular complexity index is 2910. The Morgan fingerprint density at radius 1 is 0.662 bits per heavy atom. The van der Waals surface area contributed by atoms with Crippen LogP contribution in [0.15, 0.2) is 116 Å². The van der Waals surface area contributed by atoms with Gasteiger partial charge >= 0.3 is 145 Å². The minimum Gasteiger partial charge on any atom is -1.00 e. The van der Waals surface area contributed by atoms with Gasteiger partial charge in [-0.15, -0.1) is 0 Å². The molecule has 3 aromatic carbocycles. The standard InChI is InChI=1S/C17H17N5O.C11H9ClN2O.C6H7BO3.C6H9N3.C5H4Cl2N2.C2H6.CH2O3.2Cs.H/c1-11-8-18-17(20-13-9-19-22(10-13)14-4-5-14)21-16(11)12-2-6-15(23)7-3-12;1-7-6-13-11(12)14-10(7)8-2-4-9(15)5-3-8;8-6-3-1-5(2-4-6)7(9)10;7-5-3-8-9(4-5)6-1-2-6;1-3-2-8-5(7)9-4(3)6;1-2;2-1-4-3;;;/h2-3,6-10,14,23H,4-5H2,1H3,(H,18,20,21);2-6,15H,1H3;1-4,8-10H;3-4,6H,1-2,7H2;2H,1H3;1-2H3;1,3H;;;/q;;;;;;;2*+1;-1/p-1. The van der Waals surface area contributed by atoms with E-state index in [0.717, 1.165) is 50.6 Å². The SMILES string of the molecule is CC.Cc1cnc(Cl)nc1-c1ccc(O)cc1.Cc1cnc(Cl)nc1Cl.Cc1cnc(Nc2cnn(C3CC3)c2)nc1-c1ccc(O)cc1.Nc1cnn(C2CC2)c1.O=CO[O-].OB(O)c1ccc(O)cc1.[Cs+].[Cs+].[H-]. The van der Waals surface area contributed by atoms with Crippen molar-refractivity contribution in [2.24, 2.45) is 0 Å². The molecule has 26 heteroatoms. The number of nitrogens with zero attached hydrogens (tertiary/aromatic N) is 10. The van der Waals surface area contributed by atoms with Gasteiger partial charge in [0.25, 0.3) is 6.47 Å². The van der Waals surface area contributed by atoms with E-state index in [1.54, 1.807) is 67.4 Å². The van der Waals surface area contributed by atoms with Crippen LogP contribution >= 0.6 is 34.8 Å². The van der Waals surface area contributed by atoms with Crippen molar-refractivity contribution in [3.8, 4) is 39.8 Å². The van der Waals surface area contributed by atoms with Crippen molar-refractivity contribution >= 4 is 71.2 Å². The molecule has 5 aromatic heterocycles.